The second kappa shape index (κ2) is 6.59. The molecule has 2 aliphatic rings. The first-order chi connectivity index (χ1) is 10.9. The minimum absolute atomic E-state index is 0.0189. The Kier molecular flexibility index (Phi) is 4.88. The van der Waals surface area contributed by atoms with Crippen molar-refractivity contribution in [2.75, 3.05) is 26.2 Å². The number of piperazine rings is 1. The molecule has 1 aliphatic carbocycles. The van der Waals surface area contributed by atoms with E-state index in [9.17, 15) is 13.2 Å². The normalized spacial score (nSPS) is 20.3. The van der Waals surface area contributed by atoms with Crippen LogP contribution in [0.25, 0.3) is 0 Å². The molecule has 0 spiro atoms. The van der Waals surface area contributed by atoms with Gasteiger partial charge in [-0.25, -0.2) is 8.42 Å². The van der Waals surface area contributed by atoms with Crippen LogP contribution in [-0.4, -0.2) is 49.7 Å². The van der Waals surface area contributed by atoms with E-state index in [1.807, 2.05) is 0 Å². The van der Waals surface area contributed by atoms with Gasteiger partial charge in [0.1, 0.15) is 4.90 Å². The largest absolute Gasteiger partial charge is 0.340 e. The maximum absolute atomic E-state index is 12.7. The summed E-state index contributed by atoms with van der Waals surface area (Å²) in [5, 5.41) is 0.258. The first-order valence-corrected chi connectivity index (χ1v) is 9.84. The lowest BCUT2D eigenvalue weighted by Crippen LogP contribution is -2.52. The number of benzene rings is 1. The number of rotatable bonds is 3. The molecule has 3 rings (SSSR count). The molecule has 8 heteroatoms. The summed E-state index contributed by atoms with van der Waals surface area (Å²) < 4.78 is 26.8. The van der Waals surface area contributed by atoms with Crippen LogP contribution in [0.1, 0.15) is 19.3 Å². The van der Waals surface area contributed by atoms with E-state index in [4.69, 9.17) is 23.2 Å². The third-order valence-corrected chi connectivity index (χ3v) is 7.41. The zero-order valence-corrected chi connectivity index (χ0v) is 14.9. The zero-order chi connectivity index (χ0) is 16.6. The number of amides is 1. The Balaban J connectivity index is 1.71. The number of sulfonamides is 1. The third kappa shape index (κ3) is 3.22. The molecule has 126 valence electrons. The van der Waals surface area contributed by atoms with Gasteiger partial charge in [-0.1, -0.05) is 35.7 Å². The molecule has 0 N–H and O–H groups in total. The number of nitrogens with zero attached hydrogens (tertiary/aromatic N) is 2. The van der Waals surface area contributed by atoms with Crippen molar-refractivity contribution in [3.63, 3.8) is 0 Å². The van der Waals surface area contributed by atoms with Gasteiger partial charge in [-0.15, -0.1) is 0 Å². The van der Waals surface area contributed by atoms with Crippen LogP contribution in [-0.2, 0) is 14.8 Å². The molecular weight excluding hydrogens is 359 g/mol. The van der Waals surface area contributed by atoms with E-state index in [0.29, 0.717) is 13.1 Å². The van der Waals surface area contributed by atoms with Crippen LogP contribution in [0.3, 0.4) is 0 Å². The van der Waals surface area contributed by atoms with E-state index in [-0.39, 0.29) is 39.9 Å². The fraction of sp³-hybridized carbons (Fsp3) is 0.533. The van der Waals surface area contributed by atoms with Gasteiger partial charge in [0.2, 0.25) is 15.9 Å². The average molecular weight is 377 g/mol. The van der Waals surface area contributed by atoms with Gasteiger partial charge >= 0.3 is 0 Å². The molecule has 1 saturated heterocycles. The third-order valence-electron chi connectivity index (χ3n) is 4.54. The van der Waals surface area contributed by atoms with Crippen molar-refractivity contribution in [3.05, 3.63) is 28.2 Å². The lowest BCUT2D eigenvalue weighted by Gasteiger charge is -2.37. The van der Waals surface area contributed by atoms with E-state index in [1.165, 1.54) is 10.4 Å². The predicted molar refractivity (Wildman–Crippen MR) is 89.1 cm³/mol. The van der Waals surface area contributed by atoms with Crippen LogP contribution in [0.15, 0.2) is 23.1 Å². The highest BCUT2D eigenvalue weighted by atomic mass is 35.5. The van der Waals surface area contributed by atoms with Crippen LogP contribution in [0.2, 0.25) is 10.0 Å². The maximum Gasteiger partial charge on any atom is 0.244 e. The van der Waals surface area contributed by atoms with Crippen molar-refractivity contribution in [1.29, 1.82) is 0 Å². The summed E-state index contributed by atoms with van der Waals surface area (Å²) in [5.74, 6) is 0.301. The van der Waals surface area contributed by atoms with Crippen molar-refractivity contribution < 1.29 is 13.2 Å². The Hall–Kier alpha value is -0.820. The molecular formula is C15H18Cl2N2O3S. The number of hydrogen-bond acceptors (Lipinski definition) is 3. The molecule has 0 atom stereocenters. The quantitative estimate of drug-likeness (QED) is 0.814. The highest BCUT2D eigenvalue weighted by molar-refractivity contribution is 7.89. The first kappa shape index (κ1) is 17.0. The molecule has 2 fully saturated rings. The van der Waals surface area contributed by atoms with Crippen LogP contribution in [0, 0.1) is 5.92 Å². The van der Waals surface area contributed by atoms with Gasteiger partial charge in [0.15, 0.2) is 0 Å². The standard InChI is InChI=1S/C15H18Cl2N2O3S/c16-12-5-2-6-13(14(12)17)23(21,22)19-9-7-18(8-10-19)15(20)11-3-1-4-11/h2,5-6,11H,1,3-4,7-10H2. The monoisotopic (exact) mass is 376 g/mol. The number of carbonyl (C=O) groups is 1. The average Bonchev–Trinajstić information content (AvgIpc) is 2.48. The van der Waals surface area contributed by atoms with Gasteiger partial charge in [0.05, 0.1) is 10.0 Å². The Morgan fingerprint density at radius 2 is 1.74 bits per heavy atom. The lowest BCUT2D eigenvalue weighted by atomic mass is 9.84. The molecule has 1 aliphatic heterocycles. The summed E-state index contributed by atoms with van der Waals surface area (Å²) in [6.45, 7) is 1.41. The Labute approximate surface area is 146 Å². The molecule has 1 heterocycles. The minimum Gasteiger partial charge on any atom is -0.340 e. The lowest BCUT2D eigenvalue weighted by molar-refractivity contribution is -0.139. The highest BCUT2D eigenvalue weighted by Gasteiger charge is 2.35. The van der Waals surface area contributed by atoms with Gasteiger partial charge in [-0.2, -0.15) is 4.31 Å². The van der Waals surface area contributed by atoms with Gasteiger partial charge in [0.25, 0.3) is 0 Å². The van der Waals surface area contributed by atoms with Crippen LogP contribution < -0.4 is 0 Å². The molecule has 1 saturated carbocycles. The van der Waals surface area contributed by atoms with Crippen molar-refractivity contribution in [2.45, 2.75) is 24.2 Å². The van der Waals surface area contributed by atoms with Crippen molar-refractivity contribution in [1.82, 2.24) is 9.21 Å². The Morgan fingerprint density at radius 3 is 2.30 bits per heavy atom. The van der Waals surface area contributed by atoms with Crippen LogP contribution >= 0.6 is 23.2 Å². The molecule has 5 nitrogen and oxygen atoms in total. The molecule has 1 amide bonds. The van der Waals surface area contributed by atoms with E-state index in [1.54, 1.807) is 17.0 Å². The van der Waals surface area contributed by atoms with E-state index in [0.717, 1.165) is 19.3 Å². The van der Waals surface area contributed by atoms with Crippen LogP contribution in [0.5, 0.6) is 0 Å². The fourth-order valence-electron chi connectivity index (χ4n) is 2.88. The van der Waals surface area contributed by atoms with Crippen LogP contribution in [0.4, 0.5) is 0 Å². The smallest absolute Gasteiger partial charge is 0.244 e. The SMILES string of the molecule is O=C(C1CCC1)N1CCN(S(=O)(=O)c2cccc(Cl)c2Cl)CC1. The van der Waals surface area contributed by atoms with Gasteiger partial charge in [-0.05, 0) is 25.0 Å². The van der Waals surface area contributed by atoms with Gasteiger partial charge in [0, 0.05) is 32.1 Å². The molecule has 1 aromatic carbocycles. The predicted octanol–water partition coefficient (Wildman–Crippen LogP) is 2.63. The fourth-order valence-corrected chi connectivity index (χ4v) is 5.04. The molecule has 1 aromatic rings. The Morgan fingerprint density at radius 1 is 1.09 bits per heavy atom. The molecule has 0 aromatic heterocycles. The maximum atomic E-state index is 12.7. The summed E-state index contributed by atoms with van der Waals surface area (Å²) in [4.78, 5) is 14.0. The number of hydrogen-bond donors (Lipinski definition) is 0. The second-order valence-corrected chi connectivity index (χ2v) is 8.60. The zero-order valence-electron chi connectivity index (χ0n) is 12.5. The highest BCUT2D eigenvalue weighted by Crippen LogP contribution is 2.32. The van der Waals surface area contributed by atoms with E-state index >= 15 is 0 Å². The second-order valence-electron chi connectivity index (χ2n) is 5.91. The van der Waals surface area contributed by atoms with Crippen molar-refractivity contribution >= 4 is 39.1 Å². The van der Waals surface area contributed by atoms with Crippen molar-refractivity contribution in [2.24, 2.45) is 5.92 Å². The van der Waals surface area contributed by atoms with Crippen molar-refractivity contribution in [3.8, 4) is 0 Å². The molecule has 0 bridgehead atoms. The summed E-state index contributed by atoms with van der Waals surface area (Å²) in [7, 11) is -3.70. The van der Waals surface area contributed by atoms with Gasteiger partial charge < -0.3 is 4.90 Å². The summed E-state index contributed by atoms with van der Waals surface area (Å²) in [5.41, 5.74) is 0. The van der Waals surface area contributed by atoms with E-state index < -0.39 is 10.0 Å². The summed E-state index contributed by atoms with van der Waals surface area (Å²) in [6.07, 6.45) is 3.02. The number of carbonyl (C=O) groups excluding carboxylic acids is 1. The molecule has 0 radical (unpaired) electrons. The minimum atomic E-state index is -3.70. The molecule has 23 heavy (non-hydrogen) atoms. The molecule has 0 unspecified atom stereocenters. The first-order valence-electron chi connectivity index (χ1n) is 7.64. The summed E-state index contributed by atoms with van der Waals surface area (Å²) in [6, 6.07) is 4.57. The van der Waals surface area contributed by atoms with Gasteiger partial charge in [-0.3, -0.25) is 4.79 Å². The topological polar surface area (TPSA) is 57.7 Å². The Bertz CT molecular complexity index is 711. The number of halogens is 2. The van der Waals surface area contributed by atoms with E-state index in [2.05, 4.69) is 0 Å². The summed E-state index contributed by atoms with van der Waals surface area (Å²) >= 11 is 12.0.